The lowest BCUT2D eigenvalue weighted by atomic mass is 9.98. The highest BCUT2D eigenvalue weighted by Gasteiger charge is 2.65. The van der Waals surface area contributed by atoms with Gasteiger partial charge in [0.2, 0.25) is 9.84 Å². The molecule has 0 bridgehead atoms. The van der Waals surface area contributed by atoms with Crippen LogP contribution in [0.3, 0.4) is 0 Å². The number of aryl methyl sites for hydroxylation is 2. The highest BCUT2D eigenvalue weighted by molar-refractivity contribution is 7.91. The molecule has 150 valence electrons. The number of nitrogens with zero attached hydrogens (tertiary/aromatic N) is 2. The molecule has 9 heteroatoms. The molecule has 1 aliphatic heterocycles. The molecular formula is C20H16F3N3O2S. The monoisotopic (exact) mass is 419 g/mol. The van der Waals surface area contributed by atoms with Gasteiger partial charge < -0.3 is 4.98 Å². The van der Waals surface area contributed by atoms with Crippen molar-refractivity contribution >= 4 is 9.84 Å². The summed E-state index contributed by atoms with van der Waals surface area (Å²) in [6.45, 7) is 3.59. The number of benzene rings is 2. The summed E-state index contributed by atoms with van der Waals surface area (Å²) >= 11 is 0. The summed E-state index contributed by atoms with van der Waals surface area (Å²) < 4.78 is 65.8. The van der Waals surface area contributed by atoms with Gasteiger partial charge in [-0.3, -0.25) is 0 Å². The average Bonchev–Trinajstić information content (AvgIpc) is 3.39. The average molecular weight is 419 g/mol. The summed E-state index contributed by atoms with van der Waals surface area (Å²) in [5.41, 5.74) is -0.120. The van der Waals surface area contributed by atoms with E-state index in [1.165, 1.54) is 36.4 Å². The Bertz CT molecular complexity index is 1200. The van der Waals surface area contributed by atoms with E-state index in [0.717, 1.165) is 5.56 Å². The fourth-order valence-electron chi connectivity index (χ4n) is 3.22. The molecule has 0 atom stereocenters. The third kappa shape index (κ3) is 3.05. The van der Waals surface area contributed by atoms with Crippen molar-refractivity contribution in [3.63, 3.8) is 0 Å². The third-order valence-corrected chi connectivity index (χ3v) is 6.66. The molecule has 0 aliphatic carbocycles. The predicted molar refractivity (Wildman–Crippen MR) is 100 cm³/mol. The predicted octanol–water partition coefficient (Wildman–Crippen LogP) is 5.31. The minimum absolute atomic E-state index is 0.00191. The first-order valence-corrected chi connectivity index (χ1v) is 10.2. The molecule has 29 heavy (non-hydrogen) atoms. The van der Waals surface area contributed by atoms with Crippen molar-refractivity contribution in [1.29, 1.82) is 0 Å². The second-order valence-corrected chi connectivity index (χ2v) is 8.83. The van der Waals surface area contributed by atoms with Crippen LogP contribution in [0.1, 0.15) is 16.7 Å². The lowest BCUT2D eigenvalue weighted by Crippen LogP contribution is -2.29. The van der Waals surface area contributed by atoms with Crippen LogP contribution >= 0.6 is 0 Å². The zero-order chi connectivity index (χ0) is 21.0. The van der Waals surface area contributed by atoms with Crippen LogP contribution in [0.15, 0.2) is 74.9 Å². The molecule has 5 nitrogen and oxygen atoms in total. The fourth-order valence-corrected chi connectivity index (χ4v) is 4.71. The number of halogens is 3. The molecule has 4 rings (SSSR count). The Morgan fingerprint density at radius 3 is 2.03 bits per heavy atom. The van der Waals surface area contributed by atoms with Crippen LogP contribution in [-0.4, -0.2) is 19.6 Å². The van der Waals surface area contributed by atoms with Gasteiger partial charge in [-0.15, -0.1) is 10.2 Å². The number of H-pyrrole nitrogens is 1. The van der Waals surface area contributed by atoms with Gasteiger partial charge in [0, 0.05) is 17.3 Å². The number of hydrogen-bond acceptors (Lipinski definition) is 4. The second-order valence-electron chi connectivity index (χ2n) is 6.94. The maximum atomic E-state index is 13.2. The first kappa shape index (κ1) is 19.4. The van der Waals surface area contributed by atoms with E-state index in [9.17, 15) is 21.6 Å². The third-order valence-electron chi connectivity index (χ3n) is 4.91. The zero-order valence-corrected chi connectivity index (χ0v) is 16.3. The quantitative estimate of drug-likeness (QED) is 0.622. The summed E-state index contributed by atoms with van der Waals surface area (Å²) in [5.74, 6) is 0. The molecule has 1 N–H and O–H groups in total. The van der Waals surface area contributed by atoms with E-state index in [2.05, 4.69) is 15.2 Å². The molecule has 0 amide bonds. The number of aromatic amines is 1. The summed E-state index contributed by atoms with van der Waals surface area (Å²) in [6.07, 6.45) is -3.05. The molecular weight excluding hydrogens is 403 g/mol. The topological polar surface area (TPSA) is 74.7 Å². The van der Waals surface area contributed by atoms with Crippen LogP contribution in [-0.2, 0) is 15.5 Å². The number of aromatic nitrogens is 1. The van der Waals surface area contributed by atoms with Gasteiger partial charge in [-0.2, -0.15) is 13.2 Å². The van der Waals surface area contributed by atoms with Gasteiger partial charge in [-0.25, -0.2) is 8.42 Å². The lowest BCUT2D eigenvalue weighted by Gasteiger charge is -2.15. The van der Waals surface area contributed by atoms with E-state index < -0.39 is 21.7 Å². The van der Waals surface area contributed by atoms with Crippen molar-refractivity contribution in [3.8, 4) is 11.1 Å². The van der Waals surface area contributed by atoms with Crippen LogP contribution in [0.4, 0.5) is 13.2 Å². The van der Waals surface area contributed by atoms with E-state index in [0.29, 0.717) is 16.7 Å². The zero-order valence-electron chi connectivity index (χ0n) is 15.4. The lowest BCUT2D eigenvalue weighted by molar-refractivity contribution is -0.166. The van der Waals surface area contributed by atoms with E-state index in [1.54, 1.807) is 25.3 Å². The fraction of sp³-hybridized carbons (Fsp3) is 0.200. The summed E-state index contributed by atoms with van der Waals surface area (Å²) in [4.78, 5) is 2.94. The van der Waals surface area contributed by atoms with Crippen LogP contribution < -0.4 is 0 Å². The molecule has 0 saturated heterocycles. The van der Waals surface area contributed by atoms with Crippen LogP contribution in [0.2, 0.25) is 0 Å². The van der Waals surface area contributed by atoms with Gasteiger partial charge in [0.1, 0.15) is 5.03 Å². The van der Waals surface area contributed by atoms with E-state index >= 15 is 0 Å². The molecule has 0 fully saturated rings. The minimum atomic E-state index is -4.61. The standard InChI is InChI=1S/C20H16F3N3O2S/c1-12-3-9-16(10-4-12)29(27,28)18-17(13(2)11-24-18)14-5-7-15(8-6-14)19(25-26-19)20(21,22)23/h3-11,24H,1-2H3. The van der Waals surface area contributed by atoms with Crippen molar-refractivity contribution in [2.24, 2.45) is 10.2 Å². The Hall–Kier alpha value is -2.94. The SMILES string of the molecule is Cc1ccc(S(=O)(=O)c2[nH]cc(C)c2-c2ccc(C3(C(F)(F)F)N=N3)cc2)cc1. The molecule has 0 unspecified atom stereocenters. The Labute approximate surface area is 165 Å². The minimum Gasteiger partial charge on any atom is -0.351 e. The van der Waals surface area contributed by atoms with Crippen molar-refractivity contribution in [2.75, 3.05) is 0 Å². The maximum Gasteiger partial charge on any atom is 0.442 e. The van der Waals surface area contributed by atoms with Gasteiger partial charge in [0.05, 0.1) is 4.90 Å². The number of sulfone groups is 1. The van der Waals surface area contributed by atoms with Crippen LogP contribution in [0, 0.1) is 13.8 Å². The Morgan fingerprint density at radius 2 is 1.52 bits per heavy atom. The Balaban J connectivity index is 1.76. The smallest absolute Gasteiger partial charge is 0.351 e. The van der Waals surface area contributed by atoms with Crippen molar-refractivity contribution in [2.45, 2.75) is 35.6 Å². The van der Waals surface area contributed by atoms with E-state index in [4.69, 9.17) is 0 Å². The number of rotatable bonds is 4. The van der Waals surface area contributed by atoms with Gasteiger partial charge >= 0.3 is 11.8 Å². The molecule has 2 aromatic carbocycles. The van der Waals surface area contributed by atoms with E-state index in [1.807, 2.05) is 6.92 Å². The molecule has 1 aromatic heterocycles. The molecule has 0 radical (unpaired) electrons. The molecule has 1 aliphatic rings. The van der Waals surface area contributed by atoms with Gasteiger partial charge in [0.25, 0.3) is 0 Å². The molecule has 3 aromatic rings. The molecule has 2 heterocycles. The van der Waals surface area contributed by atoms with Crippen molar-refractivity contribution in [1.82, 2.24) is 4.98 Å². The molecule has 0 saturated carbocycles. The van der Waals surface area contributed by atoms with Crippen LogP contribution in [0.25, 0.3) is 11.1 Å². The Kier molecular flexibility index (Phi) is 4.20. The highest BCUT2D eigenvalue weighted by Crippen LogP contribution is 2.52. The van der Waals surface area contributed by atoms with Gasteiger partial charge in [0.15, 0.2) is 0 Å². The van der Waals surface area contributed by atoms with Gasteiger partial charge in [-0.05, 0) is 37.1 Å². The summed E-state index contributed by atoms with van der Waals surface area (Å²) in [7, 11) is -3.84. The van der Waals surface area contributed by atoms with Crippen LogP contribution in [0.5, 0.6) is 0 Å². The Morgan fingerprint density at radius 1 is 0.931 bits per heavy atom. The first-order valence-electron chi connectivity index (χ1n) is 8.68. The highest BCUT2D eigenvalue weighted by atomic mass is 32.2. The van der Waals surface area contributed by atoms with Crippen molar-refractivity contribution in [3.05, 3.63) is 71.4 Å². The largest absolute Gasteiger partial charge is 0.442 e. The summed E-state index contributed by atoms with van der Waals surface area (Å²) in [6, 6.07) is 11.9. The van der Waals surface area contributed by atoms with E-state index in [-0.39, 0.29) is 15.5 Å². The normalized spacial score (nSPS) is 15.5. The number of hydrogen-bond donors (Lipinski definition) is 1. The number of nitrogens with one attached hydrogen (secondary N) is 1. The van der Waals surface area contributed by atoms with Gasteiger partial charge in [-0.1, -0.05) is 42.0 Å². The molecule has 0 spiro atoms. The second kappa shape index (κ2) is 6.28. The van der Waals surface area contributed by atoms with Crippen molar-refractivity contribution < 1.29 is 21.6 Å². The number of alkyl halides is 3. The maximum absolute atomic E-state index is 13.2. The first-order chi connectivity index (χ1) is 13.6. The summed E-state index contributed by atoms with van der Waals surface area (Å²) in [5, 5.41) is 6.37.